The lowest BCUT2D eigenvalue weighted by Gasteiger charge is -2.15. The number of anilines is 1. The van der Waals surface area contributed by atoms with Gasteiger partial charge in [-0.25, -0.2) is 4.98 Å². The van der Waals surface area contributed by atoms with E-state index in [9.17, 15) is 0 Å². The van der Waals surface area contributed by atoms with Crippen LogP contribution in [-0.4, -0.2) is 18.6 Å². The van der Waals surface area contributed by atoms with Gasteiger partial charge in [0.05, 0.1) is 0 Å². The number of hydrogen-bond donors (Lipinski definition) is 0. The predicted octanol–water partition coefficient (Wildman–Crippen LogP) is 2.28. The van der Waals surface area contributed by atoms with Gasteiger partial charge in [-0.1, -0.05) is 0 Å². The van der Waals surface area contributed by atoms with E-state index in [4.69, 9.17) is 4.42 Å². The second kappa shape index (κ2) is 3.09. The Morgan fingerprint density at radius 1 is 1.46 bits per heavy atom. The lowest BCUT2D eigenvalue weighted by atomic mass is 10.2. The maximum Gasteiger partial charge on any atom is 0.181 e. The van der Waals surface area contributed by atoms with Crippen molar-refractivity contribution in [2.24, 2.45) is 0 Å². The van der Waals surface area contributed by atoms with Crippen LogP contribution in [0.5, 0.6) is 0 Å². The molecule has 0 bridgehead atoms. The van der Waals surface area contributed by atoms with Crippen LogP contribution in [0, 0.1) is 0 Å². The first-order valence-corrected chi connectivity index (χ1v) is 4.35. The highest BCUT2D eigenvalue weighted by Crippen LogP contribution is 2.19. The van der Waals surface area contributed by atoms with Crippen LogP contribution >= 0.6 is 0 Å². The quantitative estimate of drug-likeness (QED) is 0.703. The van der Waals surface area contributed by atoms with Crippen LogP contribution in [0.25, 0.3) is 11.1 Å². The Balaban J connectivity index is 2.48. The van der Waals surface area contributed by atoms with Crippen molar-refractivity contribution in [2.45, 2.75) is 6.92 Å². The lowest BCUT2D eigenvalue weighted by molar-refractivity contribution is 0.602. The minimum absolute atomic E-state index is 0.845. The maximum absolute atomic E-state index is 5.22. The number of fused-ring (bicyclic) bond motifs is 1. The van der Waals surface area contributed by atoms with Gasteiger partial charge in [0.15, 0.2) is 12.0 Å². The molecule has 2 rings (SSSR count). The molecule has 13 heavy (non-hydrogen) atoms. The summed E-state index contributed by atoms with van der Waals surface area (Å²) in [6.07, 6.45) is 1.47. The van der Waals surface area contributed by atoms with Gasteiger partial charge in [0.1, 0.15) is 5.52 Å². The van der Waals surface area contributed by atoms with Crippen molar-refractivity contribution < 1.29 is 4.42 Å². The van der Waals surface area contributed by atoms with Crippen LogP contribution in [0.1, 0.15) is 6.92 Å². The van der Waals surface area contributed by atoms with E-state index in [0.29, 0.717) is 0 Å². The van der Waals surface area contributed by atoms with Crippen molar-refractivity contribution >= 4 is 16.8 Å². The van der Waals surface area contributed by atoms with Crippen LogP contribution in [0.3, 0.4) is 0 Å². The molecule has 3 nitrogen and oxygen atoms in total. The average molecular weight is 176 g/mol. The smallest absolute Gasteiger partial charge is 0.181 e. The molecule has 0 unspecified atom stereocenters. The molecular weight excluding hydrogens is 164 g/mol. The van der Waals surface area contributed by atoms with Crippen molar-refractivity contribution in [1.29, 1.82) is 0 Å². The Bertz CT molecular complexity index is 408. The van der Waals surface area contributed by atoms with Gasteiger partial charge in [0, 0.05) is 25.3 Å². The number of nitrogens with zero attached hydrogens (tertiary/aromatic N) is 2. The number of oxazole rings is 1. The average Bonchev–Trinajstić information content (AvgIpc) is 2.63. The Morgan fingerprint density at radius 2 is 2.31 bits per heavy atom. The molecule has 2 aromatic rings. The second-order valence-corrected chi connectivity index (χ2v) is 3.02. The van der Waals surface area contributed by atoms with E-state index in [1.54, 1.807) is 0 Å². The van der Waals surface area contributed by atoms with Crippen molar-refractivity contribution in [1.82, 2.24) is 4.98 Å². The Labute approximate surface area is 77.0 Å². The fraction of sp³-hybridized carbons (Fsp3) is 0.300. The molecule has 0 aliphatic carbocycles. The molecule has 3 heteroatoms. The van der Waals surface area contributed by atoms with Gasteiger partial charge < -0.3 is 9.32 Å². The molecule has 0 atom stereocenters. The fourth-order valence-electron chi connectivity index (χ4n) is 1.26. The fourth-order valence-corrected chi connectivity index (χ4v) is 1.26. The van der Waals surface area contributed by atoms with Gasteiger partial charge in [-0.2, -0.15) is 0 Å². The number of rotatable bonds is 2. The molecule has 0 N–H and O–H groups in total. The molecular formula is C10H12N2O. The van der Waals surface area contributed by atoms with E-state index in [1.807, 2.05) is 18.2 Å². The van der Waals surface area contributed by atoms with E-state index in [0.717, 1.165) is 23.3 Å². The number of aromatic nitrogens is 1. The predicted molar refractivity (Wildman–Crippen MR) is 53.0 cm³/mol. The van der Waals surface area contributed by atoms with Gasteiger partial charge in [-0.05, 0) is 19.1 Å². The summed E-state index contributed by atoms with van der Waals surface area (Å²) in [6.45, 7) is 3.10. The Kier molecular flexibility index (Phi) is 1.93. The first kappa shape index (κ1) is 8.10. The van der Waals surface area contributed by atoms with Crippen LogP contribution < -0.4 is 4.90 Å². The Morgan fingerprint density at radius 3 is 3.08 bits per heavy atom. The molecule has 0 spiro atoms. The molecule has 0 fully saturated rings. The van der Waals surface area contributed by atoms with Crippen LogP contribution in [0.2, 0.25) is 0 Å². The highest BCUT2D eigenvalue weighted by atomic mass is 16.3. The van der Waals surface area contributed by atoms with Gasteiger partial charge in [-0.15, -0.1) is 0 Å². The molecule has 0 saturated heterocycles. The monoisotopic (exact) mass is 176 g/mol. The molecule has 1 aromatic heterocycles. The summed E-state index contributed by atoms with van der Waals surface area (Å²) < 4.78 is 5.22. The molecule has 1 heterocycles. The minimum atomic E-state index is 0.845. The van der Waals surface area contributed by atoms with E-state index < -0.39 is 0 Å². The third kappa shape index (κ3) is 1.37. The van der Waals surface area contributed by atoms with Gasteiger partial charge >= 0.3 is 0 Å². The molecule has 0 amide bonds. The molecule has 0 saturated carbocycles. The SMILES string of the molecule is CCN(C)c1ccc2ncoc2c1. The topological polar surface area (TPSA) is 29.3 Å². The van der Waals surface area contributed by atoms with E-state index in [1.165, 1.54) is 6.39 Å². The first-order chi connectivity index (χ1) is 6.31. The van der Waals surface area contributed by atoms with Gasteiger partial charge in [0.25, 0.3) is 0 Å². The third-order valence-corrected chi connectivity index (χ3v) is 2.23. The normalized spacial score (nSPS) is 10.6. The molecule has 68 valence electrons. The zero-order valence-electron chi connectivity index (χ0n) is 7.82. The van der Waals surface area contributed by atoms with Crippen LogP contribution in [0.15, 0.2) is 29.0 Å². The summed E-state index contributed by atoms with van der Waals surface area (Å²) in [5.41, 5.74) is 2.91. The number of hydrogen-bond acceptors (Lipinski definition) is 3. The third-order valence-electron chi connectivity index (χ3n) is 2.23. The van der Waals surface area contributed by atoms with E-state index in [2.05, 4.69) is 23.9 Å². The zero-order chi connectivity index (χ0) is 9.26. The van der Waals surface area contributed by atoms with Crippen molar-refractivity contribution in [3.63, 3.8) is 0 Å². The summed E-state index contributed by atoms with van der Waals surface area (Å²) in [5, 5.41) is 0. The summed E-state index contributed by atoms with van der Waals surface area (Å²) in [4.78, 5) is 6.21. The van der Waals surface area contributed by atoms with Gasteiger partial charge in [-0.3, -0.25) is 0 Å². The van der Waals surface area contributed by atoms with Crippen LogP contribution in [0.4, 0.5) is 5.69 Å². The minimum Gasteiger partial charge on any atom is -0.443 e. The second-order valence-electron chi connectivity index (χ2n) is 3.02. The summed E-state index contributed by atoms with van der Waals surface area (Å²) in [7, 11) is 2.05. The maximum atomic E-state index is 5.22. The highest BCUT2D eigenvalue weighted by Gasteiger charge is 2.02. The largest absolute Gasteiger partial charge is 0.443 e. The van der Waals surface area contributed by atoms with E-state index >= 15 is 0 Å². The summed E-state index contributed by atoms with van der Waals surface area (Å²) in [5.74, 6) is 0. The van der Waals surface area contributed by atoms with E-state index in [-0.39, 0.29) is 0 Å². The number of benzene rings is 1. The summed E-state index contributed by atoms with van der Waals surface area (Å²) >= 11 is 0. The lowest BCUT2D eigenvalue weighted by Crippen LogP contribution is -2.15. The standard InChI is InChI=1S/C10H12N2O/c1-3-12(2)8-4-5-9-10(6-8)13-7-11-9/h4-7H,3H2,1-2H3. The molecule has 0 aliphatic rings. The van der Waals surface area contributed by atoms with Crippen molar-refractivity contribution in [3.05, 3.63) is 24.6 Å². The molecule has 0 aliphatic heterocycles. The summed E-state index contributed by atoms with van der Waals surface area (Å²) in [6, 6.07) is 6.03. The Hall–Kier alpha value is -1.51. The van der Waals surface area contributed by atoms with Gasteiger partial charge in [0.2, 0.25) is 0 Å². The van der Waals surface area contributed by atoms with Crippen molar-refractivity contribution in [3.8, 4) is 0 Å². The van der Waals surface area contributed by atoms with Crippen molar-refractivity contribution in [2.75, 3.05) is 18.5 Å². The highest BCUT2D eigenvalue weighted by molar-refractivity contribution is 5.76. The molecule has 0 radical (unpaired) electrons. The van der Waals surface area contributed by atoms with Crippen LogP contribution in [-0.2, 0) is 0 Å². The zero-order valence-corrected chi connectivity index (χ0v) is 7.82. The molecule has 1 aromatic carbocycles. The first-order valence-electron chi connectivity index (χ1n) is 4.35.